The van der Waals surface area contributed by atoms with Gasteiger partial charge in [-0.1, -0.05) is 49.6 Å². The van der Waals surface area contributed by atoms with E-state index in [0.29, 0.717) is 17.6 Å². The zero-order valence-electron chi connectivity index (χ0n) is 17.2. The SMILES string of the molecule is C=C(NCCc1c(C)[nH]c2c(F)ccc(C)c12)/C(C)=C/c1ccc(C(=C)O)cc1. The number of fused-ring (bicyclic) bond motifs is 1. The molecular weight excluding hydrogens is 363 g/mol. The van der Waals surface area contributed by atoms with E-state index in [2.05, 4.69) is 23.5 Å². The highest BCUT2D eigenvalue weighted by Crippen LogP contribution is 2.28. The van der Waals surface area contributed by atoms with Crippen LogP contribution in [-0.4, -0.2) is 16.6 Å². The molecule has 3 N–H and O–H groups in total. The standard InChI is InChI=1S/C25H27FN2O/c1-15-6-11-23(26)25-24(15)22(18(4)28-25)12-13-27-17(3)16(2)14-20-7-9-21(10-8-20)19(5)29/h6-11,14,27-29H,3,5,12-13H2,1-2,4H3/b16-14+. The van der Waals surface area contributed by atoms with Crippen molar-refractivity contribution in [3.8, 4) is 0 Å². The average Bonchev–Trinajstić information content (AvgIpc) is 3.02. The van der Waals surface area contributed by atoms with Crippen LogP contribution in [0.2, 0.25) is 0 Å². The number of aliphatic hydroxyl groups is 1. The number of allylic oxidation sites excluding steroid dienone is 1. The summed E-state index contributed by atoms with van der Waals surface area (Å²) in [5.74, 6) is -0.155. The molecule has 4 heteroatoms. The smallest absolute Gasteiger partial charge is 0.147 e. The summed E-state index contributed by atoms with van der Waals surface area (Å²) in [6.07, 6.45) is 2.81. The van der Waals surface area contributed by atoms with Crippen LogP contribution in [0.3, 0.4) is 0 Å². The summed E-state index contributed by atoms with van der Waals surface area (Å²) >= 11 is 0. The Hall–Kier alpha value is -3.27. The maximum absolute atomic E-state index is 14.1. The molecule has 3 rings (SSSR count). The van der Waals surface area contributed by atoms with Gasteiger partial charge < -0.3 is 15.4 Å². The van der Waals surface area contributed by atoms with Gasteiger partial charge in [-0.25, -0.2) is 4.39 Å². The third-order valence-electron chi connectivity index (χ3n) is 5.25. The Morgan fingerprint density at radius 1 is 1.14 bits per heavy atom. The minimum absolute atomic E-state index is 0.0611. The third kappa shape index (κ3) is 4.43. The van der Waals surface area contributed by atoms with E-state index in [1.807, 2.05) is 57.2 Å². The first-order chi connectivity index (χ1) is 13.8. The minimum Gasteiger partial charge on any atom is -0.508 e. The fourth-order valence-electron chi connectivity index (χ4n) is 3.54. The van der Waals surface area contributed by atoms with Crippen molar-refractivity contribution in [3.63, 3.8) is 0 Å². The van der Waals surface area contributed by atoms with Crippen LogP contribution in [0.4, 0.5) is 4.39 Å². The molecule has 2 aromatic carbocycles. The average molecular weight is 391 g/mol. The Bertz CT molecular complexity index is 1100. The van der Waals surface area contributed by atoms with Gasteiger partial charge in [-0.2, -0.15) is 0 Å². The van der Waals surface area contributed by atoms with Crippen LogP contribution in [0.5, 0.6) is 0 Å². The Balaban J connectivity index is 1.67. The van der Waals surface area contributed by atoms with E-state index in [9.17, 15) is 9.50 Å². The minimum atomic E-state index is -0.216. The van der Waals surface area contributed by atoms with Gasteiger partial charge in [-0.3, -0.25) is 0 Å². The lowest BCUT2D eigenvalue weighted by Crippen LogP contribution is -2.17. The van der Waals surface area contributed by atoms with E-state index >= 15 is 0 Å². The first kappa shape index (κ1) is 20.5. The van der Waals surface area contributed by atoms with Gasteiger partial charge in [-0.05, 0) is 55.5 Å². The highest BCUT2D eigenvalue weighted by atomic mass is 19.1. The first-order valence-corrected chi connectivity index (χ1v) is 9.64. The van der Waals surface area contributed by atoms with Crippen LogP contribution in [0.15, 0.2) is 60.8 Å². The first-order valence-electron chi connectivity index (χ1n) is 9.64. The monoisotopic (exact) mass is 390 g/mol. The third-order valence-corrected chi connectivity index (χ3v) is 5.25. The van der Waals surface area contributed by atoms with Gasteiger partial charge in [0.15, 0.2) is 0 Å². The predicted octanol–water partition coefficient (Wildman–Crippen LogP) is 6.20. The number of H-pyrrole nitrogens is 1. The van der Waals surface area contributed by atoms with Gasteiger partial charge in [0.2, 0.25) is 0 Å². The molecule has 150 valence electrons. The molecule has 3 aromatic rings. The van der Waals surface area contributed by atoms with Crippen molar-refractivity contribution in [2.24, 2.45) is 0 Å². The highest BCUT2D eigenvalue weighted by Gasteiger charge is 2.13. The summed E-state index contributed by atoms with van der Waals surface area (Å²) in [7, 11) is 0. The number of aliphatic hydroxyl groups excluding tert-OH is 1. The fourth-order valence-corrected chi connectivity index (χ4v) is 3.54. The molecule has 1 aromatic heterocycles. The molecular formula is C25H27FN2O. The lowest BCUT2D eigenvalue weighted by atomic mass is 10.0. The van der Waals surface area contributed by atoms with E-state index in [0.717, 1.165) is 45.5 Å². The molecule has 0 radical (unpaired) electrons. The predicted molar refractivity (Wildman–Crippen MR) is 120 cm³/mol. The largest absolute Gasteiger partial charge is 0.508 e. The topological polar surface area (TPSA) is 48.0 Å². The summed E-state index contributed by atoms with van der Waals surface area (Å²) < 4.78 is 14.1. The quantitative estimate of drug-likeness (QED) is 0.332. The molecule has 0 bridgehead atoms. The molecule has 0 aliphatic rings. The van der Waals surface area contributed by atoms with Crippen LogP contribution in [0.1, 0.15) is 34.9 Å². The highest BCUT2D eigenvalue weighted by molar-refractivity contribution is 5.88. The molecule has 0 atom stereocenters. The molecule has 0 saturated carbocycles. The lowest BCUT2D eigenvalue weighted by molar-refractivity contribution is 0.514. The van der Waals surface area contributed by atoms with Gasteiger partial charge in [0.25, 0.3) is 0 Å². The number of aromatic amines is 1. The van der Waals surface area contributed by atoms with Crippen molar-refractivity contribution >= 4 is 22.7 Å². The van der Waals surface area contributed by atoms with Crippen LogP contribution in [0.25, 0.3) is 22.7 Å². The molecule has 0 amide bonds. The zero-order chi connectivity index (χ0) is 21.1. The second kappa shape index (κ2) is 8.39. The van der Waals surface area contributed by atoms with Gasteiger partial charge in [0.05, 0.1) is 5.52 Å². The molecule has 0 saturated heterocycles. The number of benzene rings is 2. The Kier molecular flexibility index (Phi) is 5.92. The number of nitrogens with one attached hydrogen (secondary N) is 2. The molecule has 29 heavy (non-hydrogen) atoms. The van der Waals surface area contributed by atoms with E-state index in [-0.39, 0.29) is 11.6 Å². The van der Waals surface area contributed by atoms with Crippen LogP contribution in [-0.2, 0) is 6.42 Å². The fraction of sp³-hybridized carbons (Fsp3) is 0.200. The molecule has 0 aliphatic heterocycles. The normalized spacial score (nSPS) is 11.7. The Morgan fingerprint density at radius 3 is 2.48 bits per heavy atom. The van der Waals surface area contributed by atoms with Crippen molar-refractivity contribution in [1.29, 1.82) is 0 Å². The van der Waals surface area contributed by atoms with Gasteiger partial charge in [0.1, 0.15) is 11.6 Å². The summed E-state index contributed by atoms with van der Waals surface area (Å²) in [5.41, 5.74) is 7.40. The number of halogens is 1. The molecule has 0 unspecified atom stereocenters. The molecule has 0 fully saturated rings. The molecule has 0 spiro atoms. The van der Waals surface area contributed by atoms with Crippen molar-refractivity contribution in [2.75, 3.05) is 6.54 Å². The summed E-state index contributed by atoms with van der Waals surface area (Å²) in [5, 5.41) is 13.8. The van der Waals surface area contributed by atoms with E-state index in [1.54, 1.807) is 0 Å². The van der Waals surface area contributed by atoms with Gasteiger partial charge in [0, 0.05) is 28.9 Å². The number of aryl methyl sites for hydroxylation is 2. The van der Waals surface area contributed by atoms with Crippen molar-refractivity contribution in [2.45, 2.75) is 27.2 Å². The van der Waals surface area contributed by atoms with Crippen LogP contribution in [0, 0.1) is 19.7 Å². The Morgan fingerprint density at radius 2 is 1.83 bits per heavy atom. The molecule has 0 aliphatic carbocycles. The van der Waals surface area contributed by atoms with E-state index in [4.69, 9.17) is 0 Å². The maximum Gasteiger partial charge on any atom is 0.147 e. The van der Waals surface area contributed by atoms with Crippen LogP contribution < -0.4 is 5.32 Å². The number of hydrogen-bond donors (Lipinski definition) is 3. The molecule has 3 nitrogen and oxygen atoms in total. The van der Waals surface area contributed by atoms with E-state index in [1.165, 1.54) is 6.07 Å². The lowest BCUT2D eigenvalue weighted by Gasteiger charge is -2.11. The second-order valence-electron chi connectivity index (χ2n) is 7.39. The number of aromatic nitrogens is 1. The van der Waals surface area contributed by atoms with Gasteiger partial charge >= 0.3 is 0 Å². The number of hydrogen-bond acceptors (Lipinski definition) is 2. The van der Waals surface area contributed by atoms with Crippen molar-refractivity contribution < 1.29 is 9.50 Å². The summed E-state index contributed by atoms with van der Waals surface area (Å²) in [6.45, 7) is 14.4. The number of rotatable bonds is 7. The molecule has 1 heterocycles. The summed E-state index contributed by atoms with van der Waals surface area (Å²) in [6, 6.07) is 10.9. The van der Waals surface area contributed by atoms with Crippen molar-refractivity contribution in [3.05, 3.63) is 94.6 Å². The maximum atomic E-state index is 14.1. The zero-order valence-corrected chi connectivity index (χ0v) is 17.2. The second-order valence-corrected chi connectivity index (χ2v) is 7.39. The van der Waals surface area contributed by atoms with Crippen LogP contribution >= 0.6 is 0 Å². The summed E-state index contributed by atoms with van der Waals surface area (Å²) in [4.78, 5) is 3.18. The van der Waals surface area contributed by atoms with Gasteiger partial charge in [-0.15, -0.1) is 0 Å². The van der Waals surface area contributed by atoms with E-state index < -0.39 is 0 Å². The Labute approximate surface area is 171 Å². The van der Waals surface area contributed by atoms with Crippen molar-refractivity contribution in [1.82, 2.24) is 10.3 Å².